The molecule has 1 aromatic heterocycles. The molecule has 0 aliphatic carbocycles. The quantitative estimate of drug-likeness (QED) is 0.594. The Labute approximate surface area is 134 Å². The van der Waals surface area contributed by atoms with Crippen LogP contribution >= 0.6 is 0 Å². The number of carbonyl (C=O) groups is 1. The number of phenolic OH excluding ortho intramolecular Hbond substituents is 1. The molecule has 2 rings (SSSR count). The van der Waals surface area contributed by atoms with Crippen molar-refractivity contribution in [2.24, 2.45) is 5.10 Å². The van der Waals surface area contributed by atoms with Gasteiger partial charge in [-0.05, 0) is 29.8 Å². The smallest absolute Gasteiger partial charge is 0.291 e. The molecule has 1 heterocycles. The molecule has 23 heavy (non-hydrogen) atoms. The van der Waals surface area contributed by atoms with E-state index in [9.17, 15) is 9.90 Å². The van der Waals surface area contributed by atoms with E-state index in [0.29, 0.717) is 11.3 Å². The van der Waals surface area contributed by atoms with Crippen molar-refractivity contribution in [2.45, 2.75) is 26.2 Å². The summed E-state index contributed by atoms with van der Waals surface area (Å²) in [5, 5.41) is 20.2. The maximum absolute atomic E-state index is 12.0. The molecule has 1 amide bonds. The van der Waals surface area contributed by atoms with Gasteiger partial charge in [-0.3, -0.25) is 9.89 Å². The summed E-state index contributed by atoms with van der Waals surface area (Å²) in [4.78, 5) is 12.0. The predicted octanol–water partition coefficient (Wildman–Crippen LogP) is 2.19. The Bertz CT molecular complexity index is 729. The highest BCUT2D eigenvalue weighted by atomic mass is 16.5. The number of benzene rings is 1. The first kappa shape index (κ1) is 16.5. The normalized spacial score (nSPS) is 11.7. The van der Waals surface area contributed by atoms with Crippen molar-refractivity contribution < 1.29 is 14.6 Å². The van der Waals surface area contributed by atoms with Gasteiger partial charge in [-0.1, -0.05) is 20.8 Å². The molecule has 0 fully saturated rings. The van der Waals surface area contributed by atoms with Gasteiger partial charge in [0.2, 0.25) is 0 Å². The molecule has 7 nitrogen and oxygen atoms in total. The van der Waals surface area contributed by atoms with Crippen molar-refractivity contribution in [1.29, 1.82) is 0 Å². The predicted molar refractivity (Wildman–Crippen MR) is 87.0 cm³/mol. The van der Waals surface area contributed by atoms with Crippen LogP contribution < -0.4 is 10.2 Å². The number of hydrogen-bond donors (Lipinski definition) is 3. The van der Waals surface area contributed by atoms with Crippen molar-refractivity contribution in [2.75, 3.05) is 7.11 Å². The Morgan fingerprint density at radius 3 is 2.74 bits per heavy atom. The van der Waals surface area contributed by atoms with E-state index < -0.39 is 5.91 Å². The SMILES string of the molecule is COc1cc(C=NNC(=O)c2cc(C(C)(C)C)[nH]n2)ccc1O. The summed E-state index contributed by atoms with van der Waals surface area (Å²) in [5.74, 6) is -0.0268. The molecule has 0 aliphatic rings. The highest BCUT2D eigenvalue weighted by Gasteiger charge is 2.19. The van der Waals surface area contributed by atoms with Crippen molar-refractivity contribution in [3.63, 3.8) is 0 Å². The molecule has 0 atom stereocenters. The first-order valence-corrected chi connectivity index (χ1v) is 7.07. The zero-order valence-corrected chi connectivity index (χ0v) is 13.5. The van der Waals surface area contributed by atoms with E-state index >= 15 is 0 Å². The molecule has 122 valence electrons. The number of rotatable bonds is 4. The summed E-state index contributed by atoms with van der Waals surface area (Å²) in [6.45, 7) is 6.08. The molecule has 3 N–H and O–H groups in total. The lowest BCUT2D eigenvalue weighted by atomic mass is 9.92. The third-order valence-corrected chi connectivity index (χ3v) is 3.20. The third kappa shape index (κ3) is 4.09. The monoisotopic (exact) mass is 316 g/mol. The Hall–Kier alpha value is -2.83. The van der Waals surface area contributed by atoms with Crippen molar-refractivity contribution in [1.82, 2.24) is 15.6 Å². The summed E-state index contributed by atoms with van der Waals surface area (Å²) < 4.78 is 5.00. The molecule has 1 aromatic carbocycles. The molecule has 7 heteroatoms. The van der Waals surface area contributed by atoms with Gasteiger partial charge < -0.3 is 9.84 Å². The molecule has 0 unspecified atom stereocenters. The molecule has 0 aliphatic heterocycles. The topological polar surface area (TPSA) is 99.6 Å². The van der Waals surface area contributed by atoms with Crippen LogP contribution in [0.25, 0.3) is 0 Å². The fourth-order valence-corrected chi connectivity index (χ4v) is 1.82. The van der Waals surface area contributed by atoms with E-state index in [4.69, 9.17) is 4.74 Å². The molecular weight excluding hydrogens is 296 g/mol. The van der Waals surface area contributed by atoms with Crippen LogP contribution in [0.15, 0.2) is 29.4 Å². The van der Waals surface area contributed by atoms with Gasteiger partial charge in [0, 0.05) is 11.1 Å². The van der Waals surface area contributed by atoms with Crippen molar-refractivity contribution in [3.05, 3.63) is 41.2 Å². The van der Waals surface area contributed by atoms with Gasteiger partial charge in [0.1, 0.15) is 0 Å². The van der Waals surface area contributed by atoms with Gasteiger partial charge in [0.15, 0.2) is 17.2 Å². The largest absolute Gasteiger partial charge is 0.504 e. The number of hydrogen-bond acceptors (Lipinski definition) is 5. The molecule has 0 bridgehead atoms. The Morgan fingerprint density at radius 2 is 2.13 bits per heavy atom. The number of nitrogens with zero attached hydrogens (tertiary/aromatic N) is 2. The summed E-state index contributed by atoms with van der Waals surface area (Å²) >= 11 is 0. The number of amides is 1. The highest BCUT2D eigenvalue weighted by molar-refractivity contribution is 5.93. The van der Waals surface area contributed by atoms with Gasteiger partial charge in [-0.2, -0.15) is 10.2 Å². The number of ether oxygens (including phenoxy) is 1. The summed E-state index contributed by atoms with van der Waals surface area (Å²) in [6.07, 6.45) is 1.46. The highest BCUT2D eigenvalue weighted by Crippen LogP contribution is 2.25. The van der Waals surface area contributed by atoms with Crippen LogP contribution in [0, 0.1) is 0 Å². The van der Waals surface area contributed by atoms with E-state index in [1.165, 1.54) is 19.4 Å². The van der Waals surface area contributed by atoms with Crippen LogP contribution in [0.3, 0.4) is 0 Å². The molecule has 0 radical (unpaired) electrons. The number of methoxy groups -OCH3 is 1. The van der Waals surface area contributed by atoms with Crippen LogP contribution in [0.1, 0.15) is 42.5 Å². The zero-order chi connectivity index (χ0) is 17.0. The lowest BCUT2D eigenvalue weighted by molar-refractivity contribution is 0.0950. The number of carbonyl (C=O) groups excluding carboxylic acids is 1. The van der Waals surface area contributed by atoms with Crippen LogP contribution in [0.5, 0.6) is 11.5 Å². The van der Waals surface area contributed by atoms with E-state index in [0.717, 1.165) is 5.69 Å². The van der Waals surface area contributed by atoms with Crippen LogP contribution in [-0.4, -0.2) is 34.5 Å². The number of aromatic hydroxyl groups is 1. The lowest BCUT2D eigenvalue weighted by Crippen LogP contribution is -2.18. The van der Waals surface area contributed by atoms with E-state index in [1.807, 2.05) is 20.8 Å². The Balaban J connectivity index is 2.02. The summed E-state index contributed by atoms with van der Waals surface area (Å²) in [6, 6.07) is 6.46. The molecule has 0 saturated carbocycles. The zero-order valence-electron chi connectivity index (χ0n) is 13.5. The van der Waals surface area contributed by atoms with Gasteiger partial charge in [-0.25, -0.2) is 5.43 Å². The Kier molecular flexibility index (Phi) is 4.68. The van der Waals surface area contributed by atoms with Gasteiger partial charge in [0.25, 0.3) is 5.91 Å². The second-order valence-corrected chi connectivity index (χ2v) is 6.05. The van der Waals surface area contributed by atoms with Gasteiger partial charge in [0.05, 0.1) is 13.3 Å². The first-order chi connectivity index (χ1) is 10.8. The van der Waals surface area contributed by atoms with E-state index in [2.05, 4.69) is 20.7 Å². The van der Waals surface area contributed by atoms with Crippen molar-refractivity contribution >= 4 is 12.1 Å². The minimum atomic E-state index is -0.404. The fourth-order valence-electron chi connectivity index (χ4n) is 1.82. The maximum atomic E-state index is 12.0. The number of hydrazone groups is 1. The first-order valence-electron chi connectivity index (χ1n) is 7.07. The third-order valence-electron chi connectivity index (χ3n) is 3.20. The second kappa shape index (κ2) is 6.51. The molecule has 0 spiro atoms. The van der Waals surface area contributed by atoms with E-state index in [1.54, 1.807) is 18.2 Å². The molecular formula is C16H20N4O3. The number of nitrogens with one attached hydrogen (secondary N) is 2. The average Bonchev–Trinajstić information content (AvgIpc) is 2.99. The maximum Gasteiger partial charge on any atom is 0.291 e. The fraction of sp³-hybridized carbons (Fsp3) is 0.312. The summed E-state index contributed by atoms with van der Waals surface area (Å²) in [5.41, 5.74) is 4.12. The number of aromatic amines is 1. The number of aromatic nitrogens is 2. The van der Waals surface area contributed by atoms with Crippen molar-refractivity contribution in [3.8, 4) is 11.5 Å². The lowest BCUT2D eigenvalue weighted by Gasteiger charge is -2.14. The number of phenols is 1. The summed E-state index contributed by atoms with van der Waals surface area (Å²) in [7, 11) is 1.46. The average molecular weight is 316 g/mol. The van der Waals surface area contributed by atoms with Gasteiger partial charge >= 0.3 is 0 Å². The minimum Gasteiger partial charge on any atom is -0.504 e. The van der Waals surface area contributed by atoms with Crippen LogP contribution in [0.2, 0.25) is 0 Å². The number of H-pyrrole nitrogens is 1. The molecule has 2 aromatic rings. The Morgan fingerprint density at radius 1 is 1.39 bits per heavy atom. The molecule has 0 saturated heterocycles. The second-order valence-electron chi connectivity index (χ2n) is 6.05. The van der Waals surface area contributed by atoms with Gasteiger partial charge in [-0.15, -0.1) is 0 Å². The van der Waals surface area contributed by atoms with Crippen LogP contribution in [-0.2, 0) is 5.41 Å². The van der Waals surface area contributed by atoms with E-state index in [-0.39, 0.29) is 16.9 Å². The minimum absolute atomic E-state index is 0.0416. The standard InChI is InChI=1S/C16H20N4O3/c1-16(2,3)14-8-11(18-19-14)15(22)20-17-9-10-5-6-12(21)13(7-10)23-4/h5-9,21H,1-4H3,(H,18,19)(H,20,22). The van der Waals surface area contributed by atoms with Crippen LogP contribution in [0.4, 0.5) is 0 Å².